The number of ether oxygens (including phenoxy) is 1. The summed E-state index contributed by atoms with van der Waals surface area (Å²) in [6.07, 6.45) is 3.85. The molecule has 1 amide bonds. The highest BCUT2D eigenvalue weighted by atomic mass is 16.5. The number of hydrogen-bond donors (Lipinski definition) is 2. The van der Waals surface area contributed by atoms with E-state index in [1.54, 1.807) is 0 Å². The van der Waals surface area contributed by atoms with E-state index >= 15 is 0 Å². The van der Waals surface area contributed by atoms with Gasteiger partial charge in [-0.25, -0.2) is 0 Å². The lowest BCUT2D eigenvalue weighted by molar-refractivity contribution is -0.123. The standard InChI is InChI=1S/C18H27NO3/c1-13-8-9-16(22-13)10-11-18(21)19-14(2)17(20)12-15-6-4-3-5-7-15/h3-7,13-14,16-17,20H,8-12H2,1-2H3,(H,19,21). The smallest absolute Gasteiger partial charge is 0.220 e. The zero-order valence-electron chi connectivity index (χ0n) is 13.5. The molecule has 1 fully saturated rings. The Bertz CT molecular complexity index is 463. The normalized spacial score (nSPS) is 24.0. The van der Waals surface area contributed by atoms with Crippen LogP contribution >= 0.6 is 0 Å². The van der Waals surface area contributed by atoms with Crippen LogP contribution in [-0.2, 0) is 16.0 Å². The van der Waals surface area contributed by atoms with Crippen molar-refractivity contribution in [3.63, 3.8) is 0 Å². The predicted octanol–water partition coefficient (Wildman–Crippen LogP) is 2.44. The molecule has 4 heteroatoms. The first-order chi connectivity index (χ1) is 10.5. The van der Waals surface area contributed by atoms with Crippen molar-refractivity contribution in [3.8, 4) is 0 Å². The van der Waals surface area contributed by atoms with Gasteiger partial charge in [-0.1, -0.05) is 30.3 Å². The molecule has 2 rings (SSSR count). The van der Waals surface area contributed by atoms with E-state index in [1.165, 1.54) is 0 Å². The molecule has 122 valence electrons. The van der Waals surface area contributed by atoms with Crippen LogP contribution in [0.5, 0.6) is 0 Å². The van der Waals surface area contributed by atoms with E-state index in [9.17, 15) is 9.90 Å². The highest BCUT2D eigenvalue weighted by Gasteiger charge is 2.23. The third-order valence-corrected chi connectivity index (χ3v) is 4.27. The summed E-state index contributed by atoms with van der Waals surface area (Å²) in [5.41, 5.74) is 1.07. The first-order valence-corrected chi connectivity index (χ1v) is 8.21. The minimum atomic E-state index is -0.575. The fraction of sp³-hybridized carbons (Fsp3) is 0.611. The summed E-state index contributed by atoms with van der Waals surface area (Å²) in [5.74, 6) is -0.0113. The summed E-state index contributed by atoms with van der Waals surface area (Å²) in [7, 11) is 0. The minimum Gasteiger partial charge on any atom is -0.391 e. The van der Waals surface area contributed by atoms with Crippen LogP contribution < -0.4 is 5.32 Å². The molecule has 0 bridgehead atoms. The molecule has 1 saturated heterocycles. The zero-order chi connectivity index (χ0) is 15.9. The lowest BCUT2D eigenvalue weighted by atomic mass is 10.0. The Morgan fingerprint density at radius 3 is 2.73 bits per heavy atom. The van der Waals surface area contributed by atoms with Gasteiger partial charge in [0.2, 0.25) is 5.91 Å². The summed E-state index contributed by atoms with van der Waals surface area (Å²) < 4.78 is 5.71. The summed E-state index contributed by atoms with van der Waals surface area (Å²) in [6.45, 7) is 3.92. The number of benzene rings is 1. The van der Waals surface area contributed by atoms with Gasteiger partial charge in [-0.15, -0.1) is 0 Å². The summed E-state index contributed by atoms with van der Waals surface area (Å²) in [5, 5.41) is 13.1. The van der Waals surface area contributed by atoms with E-state index in [2.05, 4.69) is 12.2 Å². The quantitative estimate of drug-likeness (QED) is 0.813. The van der Waals surface area contributed by atoms with Gasteiger partial charge in [-0.2, -0.15) is 0 Å². The number of carbonyl (C=O) groups is 1. The van der Waals surface area contributed by atoms with Crippen molar-refractivity contribution in [2.45, 2.75) is 70.3 Å². The van der Waals surface area contributed by atoms with Gasteiger partial charge in [0.15, 0.2) is 0 Å². The molecule has 0 radical (unpaired) electrons. The lowest BCUT2D eigenvalue weighted by Gasteiger charge is -2.21. The summed E-state index contributed by atoms with van der Waals surface area (Å²) in [4.78, 5) is 12.0. The van der Waals surface area contributed by atoms with Crippen LogP contribution in [-0.4, -0.2) is 35.4 Å². The van der Waals surface area contributed by atoms with Crippen molar-refractivity contribution in [2.75, 3.05) is 0 Å². The maximum atomic E-state index is 12.0. The number of amides is 1. The van der Waals surface area contributed by atoms with E-state index in [0.29, 0.717) is 18.9 Å². The van der Waals surface area contributed by atoms with Crippen molar-refractivity contribution in [2.24, 2.45) is 0 Å². The third kappa shape index (κ3) is 5.43. The molecular formula is C18H27NO3. The van der Waals surface area contributed by atoms with Gasteiger partial charge < -0.3 is 15.2 Å². The topological polar surface area (TPSA) is 58.6 Å². The third-order valence-electron chi connectivity index (χ3n) is 4.27. The van der Waals surface area contributed by atoms with Gasteiger partial charge in [-0.05, 0) is 38.7 Å². The number of aliphatic hydroxyl groups excluding tert-OH is 1. The number of carbonyl (C=O) groups excluding carboxylic acids is 1. The van der Waals surface area contributed by atoms with E-state index in [0.717, 1.165) is 24.8 Å². The molecular weight excluding hydrogens is 278 g/mol. The Labute approximate surface area is 132 Å². The molecule has 1 heterocycles. The highest BCUT2D eigenvalue weighted by Crippen LogP contribution is 2.22. The Hall–Kier alpha value is -1.39. The highest BCUT2D eigenvalue weighted by molar-refractivity contribution is 5.76. The molecule has 22 heavy (non-hydrogen) atoms. The van der Waals surface area contributed by atoms with Crippen molar-refractivity contribution < 1.29 is 14.6 Å². The van der Waals surface area contributed by atoms with Crippen molar-refractivity contribution in [1.29, 1.82) is 0 Å². The van der Waals surface area contributed by atoms with Gasteiger partial charge in [0.05, 0.1) is 24.4 Å². The van der Waals surface area contributed by atoms with Crippen LogP contribution in [0.1, 0.15) is 45.1 Å². The Morgan fingerprint density at radius 1 is 1.36 bits per heavy atom. The van der Waals surface area contributed by atoms with Crippen LogP contribution in [0.3, 0.4) is 0 Å². The van der Waals surface area contributed by atoms with Crippen molar-refractivity contribution in [3.05, 3.63) is 35.9 Å². The largest absolute Gasteiger partial charge is 0.391 e. The number of aliphatic hydroxyl groups is 1. The van der Waals surface area contributed by atoms with E-state index < -0.39 is 6.10 Å². The number of nitrogens with one attached hydrogen (secondary N) is 1. The van der Waals surface area contributed by atoms with E-state index in [1.807, 2.05) is 37.3 Å². The first-order valence-electron chi connectivity index (χ1n) is 8.21. The van der Waals surface area contributed by atoms with Crippen LogP contribution in [0.4, 0.5) is 0 Å². The second kappa shape index (κ2) is 8.30. The second-order valence-electron chi connectivity index (χ2n) is 6.30. The average Bonchev–Trinajstić information content (AvgIpc) is 2.92. The number of rotatable bonds is 7. The molecule has 4 nitrogen and oxygen atoms in total. The molecule has 2 N–H and O–H groups in total. The fourth-order valence-electron chi connectivity index (χ4n) is 2.84. The molecule has 0 spiro atoms. The van der Waals surface area contributed by atoms with E-state index in [-0.39, 0.29) is 18.1 Å². The molecule has 1 aliphatic rings. The SMILES string of the molecule is CC1CCC(CCC(=O)NC(C)C(O)Cc2ccccc2)O1. The molecule has 1 aliphatic heterocycles. The van der Waals surface area contributed by atoms with Crippen molar-refractivity contribution >= 4 is 5.91 Å². The van der Waals surface area contributed by atoms with Gasteiger partial charge >= 0.3 is 0 Å². The van der Waals surface area contributed by atoms with Crippen LogP contribution in [0.25, 0.3) is 0 Å². The predicted molar refractivity (Wildman–Crippen MR) is 86.6 cm³/mol. The fourth-order valence-corrected chi connectivity index (χ4v) is 2.84. The lowest BCUT2D eigenvalue weighted by Crippen LogP contribution is -2.42. The molecule has 0 saturated carbocycles. The molecule has 1 aromatic carbocycles. The molecule has 4 atom stereocenters. The Morgan fingerprint density at radius 2 is 2.09 bits per heavy atom. The molecule has 0 aliphatic carbocycles. The van der Waals surface area contributed by atoms with Gasteiger partial charge in [-0.3, -0.25) is 4.79 Å². The minimum absolute atomic E-state index is 0.0113. The van der Waals surface area contributed by atoms with Gasteiger partial charge in [0.1, 0.15) is 0 Å². The monoisotopic (exact) mass is 305 g/mol. The maximum Gasteiger partial charge on any atom is 0.220 e. The van der Waals surface area contributed by atoms with Crippen molar-refractivity contribution in [1.82, 2.24) is 5.32 Å². The Kier molecular flexibility index (Phi) is 6.40. The Balaban J connectivity index is 1.69. The molecule has 0 aromatic heterocycles. The molecule has 1 aromatic rings. The first kappa shape index (κ1) is 17.0. The van der Waals surface area contributed by atoms with Crippen LogP contribution in [0.2, 0.25) is 0 Å². The number of hydrogen-bond acceptors (Lipinski definition) is 3. The van der Waals surface area contributed by atoms with Crippen LogP contribution in [0, 0.1) is 0 Å². The average molecular weight is 305 g/mol. The molecule has 4 unspecified atom stereocenters. The summed E-state index contributed by atoms with van der Waals surface area (Å²) >= 11 is 0. The second-order valence-corrected chi connectivity index (χ2v) is 6.30. The van der Waals surface area contributed by atoms with Gasteiger partial charge in [0, 0.05) is 12.8 Å². The zero-order valence-corrected chi connectivity index (χ0v) is 13.5. The van der Waals surface area contributed by atoms with Gasteiger partial charge in [0.25, 0.3) is 0 Å². The summed E-state index contributed by atoms with van der Waals surface area (Å²) in [6, 6.07) is 9.57. The maximum absolute atomic E-state index is 12.0. The van der Waals surface area contributed by atoms with Crippen LogP contribution in [0.15, 0.2) is 30.3 Å². The van der Waals surface area contributed by atoms with E-state index in [4.69, 9.17) is 4.74 Å².